The van der Waals surface area contributed by atoms with Crippen LogP contribution in [0.1, 0.15) is 37.5 Å². The Kier molecular flexibility index (Phi) is 5.55. The highest BCUT2D eigenvalue weighted by atomic mass is 35.5. The van der Waals surface area contributed by atoms with Crippen LogP contribution in [0.3, 0.4) is 0 Å². The maximum Gasteiger partial charge on any atom is 0.345 e. The Bertz CT molecular complexity index is 715. The van der Waals surface area contributed by atoms with Crippen LogP contribution in [-0.2, 0) is 16.6 Å². The lowest BCUT2D eigenvalue weighted by atomic mass is 9.87. The predicted molar refractivity (Wildman–Crippen MR) is 97.1 cm³/mol. The van der Waals surface area contributed by atoms with E-state index in [0.717, 1.165) is 11.1 Å². The summed E-state index contributed by atoms with van der Waals surface area (Å²) in [5, 5.41) is 10.1. The lowest BCUT2D eigenvalue weighted by molar-refractivity contribution is -0.145. The zero-order chi connectivity index (χ0) is 17.9. The van der Waals surface area contributed by atoms with E-state index in [0.29, 0.717) is 10.8 Å². The summed E-state index contributed by atoms with van der Waals surface area (Å²) in [7, 11) is 0. The van der Waals surface area contributed by atoms with E-state index in [2.05, 4.69) is 20.8 Å². The highest BCUT2D eigenvalue weighted by molar-refractivity contribution is 6.31. The first-order chi connectivity index (χ1) is 11.2. The molecule has 24 heavy (non-hydrogen) atoms. The van der Waals surface area contributed by atoms with E-state index >= 15 is 0 Å². The van der Waals surface area contributed by atoms with Gasteiger partial charge in [0, 0.05) is 11.4 Å². The van der Waals surface area contributed by atoms with E-state index in [9.17, 15) is 9.90 Å². The molecule has 0 aromatic heterocycles. The Morgan fingerprint density at radius 2 is 1.79 bits per heavy atom. The number of carboxylic acid groups (broad SMARTS) is 1. The van der Waals surface area contributed by atoms with E-state index < -0.39 is 12.1 Å². The van der Waals surface area contributed by atoms with Crippen LogP contribution in [0.4, 0.5) is 0 Å². The zero-order valence-electron chi connectivity index (χ0n) is 14.5. The van der Waals surface area contributed by atoms with Crippen molar-refractivity contribution in [3.8, 4) is 5.75 Å². The molecule has 0 saturated carbocycles. The normalized spacial score (nSPS) is 12.7. The Morgan fingerprint density at radius 1 is 1.17 bits per heavy atom. The summed E-state index contributed by atoms with van der Waals surface area (Å²) >= 11 is 6.11. The summed E-state index contributed by atoms with van der Waals surface area (Å²) in [5.74, 6) is -0.444. The van der Waals surface area contributed by atoms with Gasteiger partial charge in [0.2, 0.25) is 0 Å². The highest BCUT2D eigenvalue weighted by Gasteiger charge is 2.21. The second-order valence-electron chi connectivity index (χ2n) is 7.01. The van der Waals surface area contributed by atoms with Crippen molar-refractivity contribution >= 4 is 17.6 Å². The molecule has 1 N–H and O–H groups in total. The van der Waals surface area contributed by atoms with Gasteiger partial charge in [-0.25, -0.2) is 4.79 Å². The first-order valence-electron chi connectivity index (χ1n) is 7.92. The van der Waals surface area contributed by atoms with Crippen LogP contribution in [0.5, 0.6) is 5.75 Å². The van der Waals surface area contributed by atoms with Gasteiger partial charge in [0.05, 0.1) is 0 Å². The first kappa shape index (κ1) is 18.3. The Hall–Kier alpha value is -2.00. The molecule has 0 bridgehead atoms. The van der Waals surface area contributed by atoms with E-state index in [1.165, 1.54) is 5.56 Å². The molecular formula is C20H23ClO3. The minimum atomic E-state index is -0.994. The smallest absolute Gasteiger partial charge is 0.345 e. The van der Waals surface area contributed by atoms with E-state index in [1.807, 2.05) is 43.3 Å². The maximum absolute atomic E-state index is 11.5. The minimum Gasteiger partial charge on any atom is -0.478 e. The van der Waals surface area contributed by atoms with Gasteiger partial charge in [0.25, 0.3) is 0 Å². The molecule has 128 valence electrons. The van der Waals surface area contributed by atoms with Crippen LogP contribution >= 0.6 is 11.6 Å². The quantitative estimate of drug-likeness (QED) is 0.826. The van der Waals surface area contributed by atoms with E-state index in [-0.39, 0.29) is 11.8 Å². The third-order valence-electron chi connectivity index (χ3n) is 3.93. The fourth-order valence-electron chi connectivity index (χ4n) is 2.35. The van der Waals surface area contributed by atoms with Gasteiger partial charge >= 0.3 is 5.97 Å². The second kappa shape index (κ2) is 7.27. The summed E-state index contributed by atoms with van der Waals surface area (Å²) < 4.78 is 5.67. The van der Waals surface area contributed by atoms with Gasteiger partial charge < -0.3 is 9.84 Å². The number of ether oxygens (including phenoxy) is 1. The Morgan fingerprint density at radius 3 is 2.29 bits per heavy atom. The molecule has 1 atom stereocenters. The molecule has 0 fully saturated rings. The fraction of sp³-hybridized carbons (Fsp3) is 0.350. The third-order valence-corrected chi connectivity index (χ3v) is 4.34. The van der Waals surface area contributed by atoms with Gasteiger partial charge in [0.15, 0.2) is 6.10 Å². The predicted octanol–water partition coefficient (Wildman–Crippen LogP) is 5.02. The molecule has 0 amide bonds. The van der Waals surface area contributed by atoms with Gasteiger partial charge in [-0.15, -0.1) is 0 Å². The van der Waals surface area contributed by atoms with Crippen LogP contribution < -0.4 is 4.74 Å². The van der Waals surface area contributed by atoms with Crippen molar-refractivity contribution in [2.75, 3.05) is 0 Å². The number of rotatable bonds is 5. The van der Waals surface area contributed by atoms with Crippen molar-refractivity contribution in [3.63, 3.8) is 0 Å². The fourth-order valence-corrected chi connectivity index (χ4v) is 2.56. The van der Waals surface area contributed by atoms with E-state index in [4.69, 9.17) is 16.3 Å². The standard InChI is InChI=1S/C20H23ClO3/c1-13-5-6-14(11-17(13)21)12-18(19(22)23)24-16-9-7-15(8-10-16)20(2,3)4/h5-11,18H,12H2,1-4H3,(H,22,23). The van der Waals surface area contributed by atoms with Gasteiger partial charge in [-0.1, -0.05) is 56.6 Å². The number of halogens is 1. The maximum atomic E-state index is 11.5. The Labute approximate surface area is 148 Å². The van der Waals surface area contributed by atoms with Crippen molar-refractivity contribution in [1.29, 1.82) is 0 Å². The van der Waals surface area contributed by atoms with Crippen LogP contribution in [-0.4, -0.2) is 17.2 Å². The SMILES string of the molecule is Cc1ccc(CC(Oc2ccc(C(C)(C)C)cc2)C(=O)O)cc1Cl. The van der Waals surface area contributed by atoms with Crippen molar-refractivity contribution in [2.45, 2.75) is 45.6 Å². The number of hydrogen-bond acceptors (Lipinski definition) is 2. The summed E-state index contributed by atoms with van der Waals surface area (Å²) in [6.07, 6.45) is -0.694. The minimum absolute atomic E-state index is 0.0450. The van der Waals surface area contributed by atoms with Crippen LogP contribution in [0.15, 0.2) is 42.5 Å². The molecular weight excluding hydrogens is 324 g/mol. The number of hydrogen-bond donors (Lipinski definition) is 1. The number of carbonyl (C=O) groups is 1. The lowest BCUT2D eigenvalue weighted by Crippen LogP contribution is -2.29. The molecule has 0 radical (unpaired) electrons. The molecule has 0 aliphatic carbocycles. The average molecular weight is 347 g/mol. The first-order valence-corrected chi connectivity index (χ1v) is 8.29. The largest absolute Gasteiger partial charge is 0.478 e. The van der Waals surface area contributed by atoms with Crippen molar-refractivity contribution < 1.29 is 14.6 Å². The van der Waals surface area contributed by atoms with Crippen LogP contribution in [0.25, 0.3) is 0 Å². The monoisotopic (exact) mass is 346 g/mol. The van der Waals surface area contributed by atoms with Crippen molar-refractivity contribution in [3.05, 3.63) is 64.2 Å². The number of aryl methyl sites for hydroxylation is 1. The summed E-state index contributed by atoms with van der Waals surface area (Å²) in [6, 6.07) is 13.1. The van der Waals surface area contributed by atoms with Gasteiger partial charge in [-0.2, -0.15) is 0 Å². The van der Waals surface area contributed by atoms with Crippen LogP contribution in [0.2, 0.25) is 5.02 Å². The molecule has 1 unspecified atom stereocenters. The topological polar surface area (TPSA) is 46.5 Å². The van der Waals surface area contributed by atoms with Crippen LogP contribution in [0, 0.1) is 6.92 Å². The molecule has 2 rings (SSSR count). The summed E-state index contributed by atoms with van der Waals surface area (Å²) in [6.45, 7) is 8.30. The molecule has 0 heterocycles. The van der Waals surface area contributed by atoms with Gasteiger partial charge in [-0.05, 0) is 47.2 Å². The third kappa shape index (κ3) is 4.75. The molecule has 0 saturated heterocycles. The molecule has 0 aliphatic heterocycles. The summed E-state index contributed by atoms with van der Waals surface area (Å²) in [4.78, 5) is 11.5. The van der Waals surface area contributed by atoms with Gasteiger partial charge in [-0.3, -0.25) is 0 Å². The Balaban J connectivity index is 2.13. The van der Waals surface area contributed by atoms with Crippen molar-refractivity contribution in [1.82, 2.24) is 0 Å². The molecule has 4 heteroatoms. The lowest BCUT2D eigenvalue weighted by Gasteiger charge is -2.20. The molecule has 0 spiro atoms. The number of aliphatic carboxylic acids is 1. The zero-order valence-corrected chi connectivity index (χ0v) is 15.2. The highest BCUT2D eigenvalue weighted by Crippen LogP contribution is 2.25. The number of benzene rings is 2. The summed E-state index contributed by atoms with van der Waals surface area (Å²) in [5.41, 5.74) is 3.02. The van der Waals surface area contributed by atoms with Gasteiger partial charge in [0.1, 0.15) is 5.75 Å². The van der Waals surface area contributed by atoms with E-state index in [1.54, 1.807) is 6.07 Å². The average Bonchev–Trinajstić information content (AvgIpc) is 2.50. The number of carboxylic acids is 1. The van der Waals surface area contributed by atoms with Crippen molar-refractivity contribution in [2.24, 2.45) is 0 Å². The second-order valence-corrected chi connectivity index (χ2v) is 7.41. The molecule has 0 aliphatic rings. The molecule has 2 aromatic rings. The molecule has 3 nitrogen and oxygen atoms in total. The molecule has 2 aromatic carbocycles.